The van der Waals surface area contributed by atoms with E-state index in [9.17, 15) is 19.1 Å². The minimum atomic E-state index is -1.10. The van der Waals surface area contributed by atoms with Crippen LogP contribution in [0.1, 0.15) is 29.4 Å². The molecule has 3 N–H and O–H groups in total. The molecule has 4 rings (SSSR count). The number of aryl methyl sites for hydroxylation is 1. The van der Waals surface area contributed by atoms with Crippen LogP contribution in [0.4, 0.5) is 20.6 Å². The Morgan fingerprint density at radius 3 is 2.71 bits per heavy atom. The third-order valence-electron chi connectivity index (χ3n) is 5.41. The van der Waals surface area contributed by atoms with E-state index in [-0.39, 0.29) is 11.3 Å². The molecule has 0 saturated carbocycles. The van der Waals surface area contributed by atoms with Crippen molar-refractivity contribution in [1.29, 1.82) is 0 Å². The van der Waals surface area contributed by atoms with Gasteiger partial charge in [0.2, 0.25) is 0 Å². The third-order valence-corrected chi connectivity index (χ3v) is 5.41. The van der Waals surface area contributed by atoms with E-state index in [1.165, 1.54) is 37.4 Å². The number of fused-ring (bicyclic) bond motifs is 1. The monoisotopic (exact) mass is 465 g/mol. The second kappa shape index (κ2) is 9.26. The van der Waals surface area contributed by atoms with Crippen LogP contribution in [-0.2, 0) is 6.54 Å². The highest BCUT2D eigenvalue weighted by atomic mass is 19.1. The number of nitrogens with one attached hydrogen (secondary N) is 2. The van der Waals surface area contributed by atoms with E-state index in [4.69, 9.17) is 4.74 Å². The molecule has 0 radical (unpaired) electrons. The van der Waals surface area contributed by atoms with Gasteiger partial charge in [-0.15, -0.1) is 0 Å². The van der Waals surface area contributed by atoms with Gasteiger partial charge in [-0.1, -0.05) is 13.0 Å². The van der Waals surface area contributed by atoms with Gasteiger partial charge < -0.3 is 25.0 Å². The van der Waals surface area contributed by atoms with Gasteiger partial charge in [0.05, 0.1) is 35.8 Å². The first-order valence-electron chi connectivity index (χ1n) is 10.6. The molecule has 0 bridgehead atoms. The van der Waals surface area contributed by atoms with E-state index in [0.29, 0.717) is 28.0 Å². The molecule has 0 saturated heterocycles. The number of anilines is 2. The topological polar surface area (TPSA) is 110 Å². The molecule has 0 aliphatic heterocycles. The van der Waals surface area contributed by atoms with Gasteiger partial charge in [-0.2, -0.15) is 5.10 Å². The van der Waals surface area contributed by atoms with E-state index in [1.54, 1.807) is 16.9 Å². The highest BCUT2D eigenvalue weighted by Crippen LogP contribution is 2.37. The zero-order chi connectivity index (χ0) is 24.4. The number of aromatic nitrogens is 3. The van der Waals surface area contributed by atoms with Crippen molar-refractivity contribution in [3.63, 3.8) is 0 Å². The lowest BCUT2D eigenvalue weighted by Crippen LogP contribution is -2.20. The summed E-state index contributed by atoms with van der Waals surface area (Å²) in [5.74, 6) is -1.58. The maximum Gasteiger partial charge on any atom is 0.335 e. The molecule has 10 heteroatoms. The summed E-state index contributed by atoms with van der Waals surface area (Å²) in [7, 11) is 1.37. The molecule has 176 valence electrons. The molecule has 2 aromatic carbocycles. The average molecular weight is 465 g/mol. The van der Waals surface area contributed by atoms with Gasteiger partial charge in [0, 0.05) is 35.6 Å². The Bertz CT molecular complexity index is 1390. The molecule has 0 atom stereocenters. The van der Waals surface area contributed by atoms with Gasteiger partial charge in [-0.25, -0.2) is 14.0 Å². The highest BCUT2D eigenvalue weighted by molar-refractivity contribution is 6.08. The van der Waals surface area contributed by atoms with Gasteiger partial charge in [0.1, 0.15) is 0 Å². The first-order chi connectivity index (χ1) is 16.3. The van der Waals surface area contributed by atoms with Gasteiger partial charge >= 0.3 is 12.0 Å². The van der Waals surface area contributed by atoms with E-state index >= 15 is 0 Å². The number of nitrogens with zero attached hydrogens (tertiary/aromatic N) is 3. The van der Waals surface area contributed by atoms with Crippen LogP contribution in [0, 0.1) is 12.7 Å². The normalized spacial score (nSPS) is 10.9. The molecule has 0 fully saturated rings. The van der Waals surface area contributed by atoms with Crippen molar-refractivity contribution in [3.8, 4) is 11.4 Å². The molecule has 0 spiro atoms. The lowest BCUT2D eigenvalue weighted by atomic mass is 10.2. The number of hydrogen-bond acceptors (Lipinski definition) is 4. The second-order valence-electron chi connectivity index (χ2n) is 7.73. The first-order valence-corrected chi connectivity index (χ1v) is 10.6. The highest BCUT2D eigenvalue weighted by Gasteiger charge is 2.21. The molecule has 4 aromatic rings. The third kappa shape index (κ3) is 4.29. The molecular formula is C24H24FN5O4. The number of carbonyl (C=O) groups excluding carboxylic acids is 1. The van der Waals surface area contributed by atoms with Crippen molar-refractivity contribution >= 4 is 34.3 Å². The number of hydrogen-bond donors (Lipinski definition) is 3. The second-order valence-corrected chi connectivity index (χ2v) is 7.73. The van der Waals surface area contributed by atoms with Crippen LogP contribution in [0.2, 0.25) is 0 Å². The molecule has 2 amide bonds. The zero-order valence-electron chi connectivity index (χ0n) is 18.9. The Morgan fingerprint density at radius 1 is 1.21 bits per heavy atom. The van der Waals surface area contributed by atoms with Crippen molar-refractivity contribution in [2.75, 3.05) is 17.7 Å². The number of urea groups is 1. The van der Waals surface area contributed by atoms with Crippen LogP contribution >= 0.6 is 0 Å². The summed E-state index contributed by atoms with van der Waals surface area (Å²) in [6.07, 6.45) is 4.46. The summed E-state index contributed by atoms with van der Waals surface area (Å²) in [4.78, 5) is 24.0. The Kier molecular flexibility index (Phi) is 6.22. The Balaban J connectivity index is 1.75. The van der Waals surface area contributed by atoms with Crippen LogP contribution in [0.25, 0.3) is 16.6 Å². The minimum Gasteiger partial charge on any atom is -0.494 e. The summed E-state index contributed by atoms with van der Waals surface area (Å²) in [5.41, 5.74) is 2.76. The number of carboxylic acid groups (broad SMARTS) is 1. The Morgan fingerprint density at radius 2 is 2.00 bits per heavy atom. The molecule has 0 aliphatic carbocycles. The summed E-state index contributed by atoms with van der Waals surface area (Å²) in [5, 5.41) is 19.6. The predicted molar refractivity (Wildman–Crippen MR) is 127 cm³/mol. The van der Waals surface area contributed by atoms with Gasteiger partial charge in [0.25, 0.3) is 0 Å². The van der Waals surface area contributed by atoms with Crippen molar-refractivity contribution in [3.05, 3.63) is 65.9 Å². The van der Waals surface area contributed by atoms with Gasteiger partial charge in [0.15, 0.2) is 11.6 Å². The summed E-state index contributed by atoms with van der Waals surface area (Å²) in [6, 6.07) is 8.24. The smallest absolute Gasteiger partial charge is 0.335 e. The largest absolute Gasteiger partial charge is 0.494 e. The molecule has 2 heterocycles. The lowest BCUT2D eigenvalue weighted by molar-refractivity contribution is 0.0697. The van der Waals surface area contributed by atoms with Crippen molar-refractivity contribution < 1.29 is 23.8 Å². The van der Waals surface area contributed by atoms with Crippen LogP contribution in [0.5, 0.6) is 5.75 Å². The average Bonchev–Trinajstić information content (AvgIpc) is 3.35. The number of benzene rings is 2. The lowest BCUT2D eigenvalue weighted by Gasteiger charge is -2.09. The minimum absolute atomic E-state index is 0.0453. The molecule has 9 nitrogen and oxygen atoms in total. The fraction of sp³-hybridized carbons (Fsp3) is 0.208. The van der Waals surface area contributed by atoms with Crippen molar-refractivity contribution in [2.24, 2.45) is 0 Å². The van der Waals surface area contributed by atoms with Gasteiger partial charge in [-0.3, -0.25) is 4.68 Å². The van der Waals surface area contributed by atoms with E-state index in [0.717, 1.165) is 18.7 Å². The molecule has 0 aliphatic rings. The zero-order valence-corrected chi connectivity index (χ0v) is 18.9. The fourth-order valence-corrected chi connectivity index (χ4v) is 3.89. The van der Waals surface area contributed by atoms with Crippen LogP contribution in [0.15, 0.2) is 48.8 Å². The number of carbonyl (C=O) groups is 2. The van der Waals surface area contributed by atoms with Crippen LogP contribution in [-0.4, -0.2) is 38.6 Å². The molecule has 2 aromatic heterocycles. The number of methoxy groups -OCH3 is 1. The Hall–Kier alpha value is -4.34. The summed E-state index contributed by atoms with van der Waals surface area (Å²) in [6.45, 7) is 4.59. The number of halogens is 1. The summed E-state index contributed by atoms with van der Waals surface area (Å²) >= 11 is 0. The van der Waals surface area contributed by atoms with Crippen molar-refractivity contribution in [2.45, 2.75) is 26.8 Å². The van der Waals surface area contributed by atoms with E-state index in [2.05, 4.69) is 15.7 Å². The first kappa shape index (κ1) is 22.8. The number of carboxylic acids is 1. The van der Waals surface area contributed by atoms with Crippen LogP contribution in [0.3, 0.4) is 0 Å². The van der Waals surface area contributed by atoms with Crippen molar-refractivity contribution in [1.82, 2.24) is 14.3 Å². The number of amides is 2. The maximum atomic E-state index is 14.6. The summed E-state index contributed by atoms with van der Waals surface area (Å²) < 4.78 is 23.4. The SMILES string of the molecule is CCCn1cc(-n2c(C)c(NC(=O)Nc3cccc(C(=O)O)c3)c3cc(OC)c(F)cc32)cn1. The number of rotatable bonds is 7. The maximum absolute atomic E-state index is 14.6. The fourth-order valence-electron chi connectivity index (χ4n) is 3.89. The standard InChI is InChI=1S/C24H24FN5O4/c1-4-8-29-13-17(12-26-29)30-14(2)22(18-10-21(34-3)19(25)11-20(18)30)28-24(33)27-16-7-5-6-15(9-16)23(31)32/h5-7,9-13H,4,8H2,1-3H3,(H,31,32)(H2,27,28,33). The van der Waals surface area contributed by atoms with Crippen LogP contribution < -0.4 is 15.4 Å². The van der Waals surface area contributed by atoms with Gasteiger partial charge in [-0.05, 0) is 37.6 Å². The molecular weight excluding hydrogens is 441 g/mol. The molecule has 0 unspecified atom stereocenters. The Labute approximate surface area is 194 Å². The molecule has 34 heavy (non-hydrogen) atoms. The number of aromatic carboxylic acids is 1. The quantitative estimate of drug-likeness (QED) is 0.354. The number of ether oxygens (including phenoxy) is 1. The van der Waals surface area contributed by atoms with E-state index in [1.807, 2.05) is 24.6 Å². The van der Waals surface area contributed by atoms with E-state index < -0.39 is 17.8 Å². The predicted octanol–water partition coefficient (Wildman–Crippen LogP) is 5.04.